The van der Waals surface area contributed by atoms with Crippen molar-refractivity contribution in [2.75, 3.05) is 72.8 Å². The van der Waals surface area contributed by atoms with Gasteiger partial charge in [0.2, 0.25) is 17.7 Å². The zero-order valence-electron chi connectivity index (χ0n) is 45.7. The lowest BCUT2D eigenvalue weighted by molar-refractivity contribution is -0.141. The number of likely N-dealkylation sites (tertiary alicyclic amines) is 2. The Bertz CT molecular complexity index is 2940. The van der Waals surface area contributed by atoms with Crippen molar-refractivity contribution in [1.82, 2.24) is 35.5 Å². The van der Waals surface area contributed by atoms with Crippen LogP contribution in [0.1, 0.15) is 120 Å². The molecule has 12 rings (SSSR count). The molecule has 1 unspecified atom stereocenters. The molecule has 7 aliphatic rings. The zero-order valence-corrected chi connectivity index (χ0v) is 45.7. The normalized spacial score (nSPS) is 26.1. The number of nitrogens with one attached hydrogen (secondary N) is 1. The molecule has 18 nitrogen and oxygen atoms in total. The molecule has 2 aromatic carbocycles. The van der Waals surface area contributed by atoms with Gasteiger partial charge < -0.3 is 59.8 Å². The number of benzene rings is 2. The standard InChI is InChI=1S/C60H76FN11O7/c1-36(2)56(59(76)71-35-44(73)27-51(71)58(75)64-37(3)39-8-10-40(11-9-39)60(61)19-20-60)53-31-54(67-79-53)69-24-15-38(16-25-69)32-68-22-17-45(18-23-68)77-46-28-47(29-46)78-55-26-41(14-21-63-55)72-42-12-13-43(72)34-70(33-42)50-30-49(65-66-57(50)62)48-6-4-5-7-52(48)74/h4-11,14,21,26,30-31,36-38,42-47,51,56,73-74H,12-13,15-20,22-25,27-29,32-35H2,1-3H3,(H2,62,66)(H,64,75)/t37-,42+,43?,44+,46?,47?,51-,56+/m0/s1. The molecule has 5 aliphatic heterocycles. The molecule has 5 aromatic rings. The number of amides is 2. The highest BCUT2D eigenvalue weighted by Crippen LogP contribution is 2.49. The number of piperidine rings is 2. The predicted octanol–water partition coefficient (Wildman–Crippen LogP) is 7.52. The van der Waals surface area contributed by atoms with E-state index < -0.39 is 23.7 Å². The average Bonchev–Trinajstić information content (AvgIpc) is 3.75. The largest absolute Gasteiger partial charge is 0.507 e. The van der Waals surface area contributed by atoms with Gasteiger partial charge in [0.1, 0.15) is 29.5 Å². The van der Waals surface area contributed by atoms with E-state index >= 15 is 0 Å². The average molecular weight is 1080 g/mol. The third kappa shape index (κ3) is 11.3. The predicted molar refractivity (Wildman–Crippen MR) is 297 cm³/mol. The molecular weight excluding hydrogens is 1010 g/mol. The lowest BCUT2D eigenvalue weighted by atomic mass is 9.91. The number of aromatic nitrogens is 4. The van der Waals surface area contributed by atoms with Gasteiger partial charge >= 0.3 is 0 Å². The maximum absolute atomic E-state index is 14.6. The first-order valence-corrected chi connectivity index (χ1v) is 29.0. The molecule has 420 valence electrons. The van der Waals surface area contributed by atoms with E-state index in [4.69, 9.17) is 19.7 Å². The molecule has 8 heterocycles. The van der Waals surface area contributed by atoms with Gasteiger partial charge in [-0.2, -0.15) is 0 Å². The number of phenols is 1. The van der Waals surface area contributed by atoms with Crippen molar-refractivity contribution in [3.63, 3.8) is 0 Å². The Kier molecular flexibility index (Phi) is 14.9. The van der Waals surface area contributed by atoms with Crippen molar-refractivity contribution in [2.24, 2.45) is 11.8 Å². The molecule has 2 saturated carbocycles. The molecule has 2 amide bonds. The minimum atomic E-state index is -1.23. The van der Waals surface area contributed by atoms with Crippen LogP contribution in [0.25, 0.3) is 11.3 Å². The minimum absolute atomic E-state index is 0.0610. The number of para-hydroxylation sites is 1. The molecule has 6 atom stereocenters. The number of nitrogens with two attached hydrogens (primary N) is 1. The number of phenolic OH excluding ortho intramolecular Hbond substituents is 1. The highest BCUT2D eigenvalue weighted by atomic mass is 19.1. The van der Waals surface area contributed by atoms with Crippen LogP contribution in [-0.4, -0.2) is 147 Å². The van der Waals surface area contributed by atoms with Crippen molar-refractivity contribution in [1.29, 1.82) is 0 Å². The number of aromatic hydroxyl groups is 1. The SMILES string of the molecule is CC(C)[C@@H](C(=O)N1C[C@H](O)C[C@H]1C(=O)N[C@@H](C)c1ccc(C2(F)CC2)cc1)c1cc(N2CCC(CN3CCC(OC4CC(Oc5cc(N6C7CC[C@@H]6CN(c6cc(-c8ccccc8O)nnc6N)C7)ccn5)C4)CC3)CC2)no1. The van der Waals surface area contributed by atoms with E-state index in [0.29, 0.717) is 65.1 Å². The molecule has 2 bridgehead atoms. The summed E-state index contributed by atoms with van der Waals surface area (Å²) < 4.78 is 33.6. The van der Waals surface area contributed by atoms with Crippen molar-refractivity contribution in [2.45, 2.75) is 152 Å². The Morgan fingerprint density at radius 3 is 2.29 bits per heavy atom. The van der Waals surface area contributed by atoms with Crippen LogP contribution in [-0.2, 0) is 20.0 Å². The van der Waals surface area contributed by atoms with Gasteiger partial charge in [-0.15, -0.1) is 10.2 Å². The number of carbonyl (C=O) groups excluding carboxylic acids is 2. The van der Waals surface area contributed by atoms with Gasteiger partial charge in [-0.05, 0) is 106 Å². The summed E-state index contributed by atoms with van der Waals surface area (Å²) in [6.07, 6.45) is 10.8. The first kappa shape index (κ1) is 53.1. The second-order valence-electron chi connectivity index (χ2n) is 24.0. The van der Waals surface area contributed by atoms with Crippen LogP contribution >= 0.6 is 0 Å². The van der Waals surface area contributed by atoms with Gasteiger partial charge in [0.15, 0.2) is 17.4 Å². The molecule has 0 spiro atoms. The number of fused-ring (bicyclic) bond motifs is 2. The lowest BCUT2D eigenvalue weighted by Crippen LogP contribution is -2.54. The van der Waals surface area contributed by atoms with E-state index in [0.717, 1.165) is 120 Å². The fourth-order valence-corrected chi connectivity index (χ4v) is 13.4. The maximum atomic E-state index is 14.6. The number of hydrogen-bond acceptors (Lipinski definition) is 16. The Labute approximate surface area is 461 Å². The monoisotopic (exact) mass is 1080 g/mol. The number of nitrogen functional groups attached to an aromatic ring is 1. The number of anilines is 4. The number of carbonyl (C=O) groups is 2. The van der Waals surface area contributed by atoms with Gasteiger partial charge in [-0.3, -0.25) is 9.59 Å². The molecule has 5 saturated heterocycles. The van der Waals surface area contributed by atoms with Gasteiger partial charge in [0.05, 0.1) is 35.7 Å². The summed E-state index contributed by atoms with van der Waals surface area (Å²) in [5, 5.41) is 37.3. The summed E-state index contributed by atoms with van der Waals surface area (Å²) in [5.74, 6) is 1.56. The van der Waals surface area contributed by atoms with E-state index in [1.807, 2.05) is 63.4 Å². The van der Waals surface area contributed by atoms with Crippen LogP contribution in [0.5, 0.6) is 11.6 Å². The van der Waals surface area contributed by atoms with Crippen molar-refractivity contribution >= 4 is 34.8 Å². The lowest BCUT2D eigenvalue weighted by Gasteiger charge is -2.43. The van der Waals surface area contributed by atoms with Crippen LogP contribution in [0, 0.1) is 11.8 Å². The van der Waals surface area contributed by atoms with Gasteiger partial charge in [0, 0.05) is 113 Å². The molecule has 0 radical (unpaired) electrons. The van der Waals surface area contributed by atoms with Crippen LogP contribution in [0.2, 0.25) is 0 Å². The van der Waals surface area contributed by atoms with Crippen LogP contribution in [0.4, 0.5) is 27.4 Å². The maximum Gasteiger partial charge on any atom is 0.243 e. The van der Waals surface area contributed by atoms with Crippen molar-refractivity contribution in [3.8, 4) is 22.9 Å². The zero-order chi connectivity index (χ0) is 54.5. The number of rotatable bonds is 17. The van der Waals surface area contributed by atoms with Crippen molar-refractivity contribution in [3.05, 3.63) is 95.9 Å². The van der Waals surface area contributed by atoms with E-state index in [2.05, 4.69) is 57.4 Å². The second kappa shape index (κ2) is 22.2. The first-order valence-electron chi connectivity index (χ1n) is 29.0. The van der Waals surface area contributed by atoms with Crippen LogP contribution in [0.3, 0.4) is 0 Å². The number of aliphatic hydroxyl groups excluding tert-OH is 1. The first-order chi connectivity index (χ1) is 38.2. The Balaban J connectivity index is 0.564. The summed E-state index contributed by atoms with van der Waals surface area (Å²) in [5.41, 5.74) is 9.88. The van der Waals surface area contributed by atoms with Crippen molar-refractivity contribution < 1.29 is 38.2 Å². The number of alkyl halides is 1. The van der Waals surface area contributed by atoms with Gasteiger partial charge in [-0.25, -0.2) is 9.37 Å². The Hall–Kier alpha value is -6.57. The number of halogens is 1. The minimum Gasteiger partial charge on any atom is -0.507 e. The quantitative estimate of drug-likeness (QED) is 0.0709. The van der Waals surface area contributed by atoms with Crippen LogP contribution < -0.4 is 30.5 Å². The summed E-state index contributed by atoms with van der Waals surface area (Å²) >= 11 is 0. The van der Waals surface area contributed by atoms with Gasteiger partial charge in [0.25, 0.3) is 0 Å². The molecule has 2 aliphatic carbocycles. The number of aliphatic hydroxyl groups is 1. The fraction of sp³-hybridized carbons (Fsp3) is 0.567. The summed E-state index contributed by atoms with van der Waals surface area (Å²) in [6.45, 7) is 12.3. The highest BCUT2D eigenvalue weighted by molar-refractivity contribution is 5.91. The number of ether oxygens (including phenoxy) is 2. The summed E-state index contributed by atoms with van der Waals surface area (Å²) in [6, 6.07) is 21.8. The van der Waals surface area contributed by atoms with E-state index in [1.165, 1.54) is 4.90 Å². The summed E-state index contributed by atoms with van der Waals surface area (Å²) in [4.78, 5) is 43.9. The third-order valence-electron chi connectivity index (χ3n) is 18.1. The smallest absolute Gasteiger partial charge is 0.243 e. The van der Waals surface area contributed by atoms with Gasteiger partial charge in [-0.1, -0.05) is 55.4 Å². The Morgan fingerprint density at radius 1 is 0.848 bits per heavy atom. The Morgan fingerprint density at radius 2 is 1.58 bits per heavy atom. The molecule has 19 heteroatoms. The topological polar surface area (TPSA) is 212 Å². The molecule has 7 fully saturated rings. The molecular formula is C60H76FN11O7. The number of piperazine rings is 1. The number of pyridine rings is 1. The van der Waals surface area contributed by atoms with E-state index in [-0.39, 0.29) is 60.8 Å². The van der Waals surface area contributed by atoms with E-state index in [9.17, 15) is 24.2 Å². The van der Waals surface area contributed by atoms with E-state index in [1.54, 1.807) is 24.3 Å². The fourth-order valence-electron chi connectivity index (χ4n) is 13.4. The third-order valence-corrected chi connectivity index (χ3v) is 18.1. The second-order valence-corrected chi connectivity index (χ2v) is 24.0. The molecule has 3 aromatic heterocycles. The highest BCUT2D eigenvalue weighted by Gasteiger charge is 2.46. The molecule has 5 N–H and O–H groups in total. The molecule has 79 heavy (non-hydrogen) atoms. The number of β-amino-alcohol motifs (C(OH)–C–C–N with tert-alkyl or cyclic N) is 1. The summed E-state index contributed by atoms with van der Waals surface area (Å²) in [7, 11) is 0. The number of nitrogens with zero attached hydrogens (tertiary/aromatic N) is 9. The number of hydrogen-bond donors (Lipinski definition) is 4. The van der Waals surface area contributed by atoms with Crippen LogP contribution in [0.15, 0.2) is 83.5 Å².